The molecular formula is C13H9N3O4S. The van der Waals surface area contributed by atoms with E-state index in [1.54, 1.807) is 28.4 Å². The van der Waals surface area contributed by atoms with Gasteiger partial charge >= 0.3 is 5.97 Å². The first-order valence-electron chi connectivity index (χ1n) is 5.96. The molecule has 0 unspecified atom stereocenters. The lowest BCUT2D eigenvalue weighted by atomic mass is 10.2. The molecular weight excluding hydrogens is 294 g/mol. The first-order valence-corrected chi connectivity index (χ1v) is 6.84. The summed E-state index contributed by atoms with van der Waals surface area (Å²) in [5.74, 6) is -0.984. The second kappa shape index (κ2) is 4.98. The van der Waals surface area contributed by atoms with Crippen molar-refractivity contribution >= 4 is 33.9 Å². The molecule has 0 aliphatic carbocycles. The number of nitro groups is 1. The van der Waals surface area contributed by atoms with Crippen LogP contribution in [0.15, 0.2) is 35.8 Å². The Kier molecular flexibility index (Phi) is 3.15. The molecule has 0 fully saturated rings. The maximum absolute atomic E-state index is 11.1. The van der Waals surface area contributed by atoms with Crippen LogP contribution >= 0.6 is 11.3 Å². The normalized spacial score (nSPS) is 10.9. The molecule has 2 heterocycles. The molecule has 106 valence electrons. The zero-order valence-electron chi connectivity index (χ0n) is 10.6. The molecule has 0 bridgehead atoms. The average molecular weight is 303 g/mol. The first kappa shape index (κ1) is 13.3. The summed E-state index contributed by atoms with van der Waals surface area (Å²) in [5.41, 5.74) is 1.21. The highest BCUT2D eigenvalue weighted by molar-refractivity contribution is 7.12. The highest BCUT2D eigenvalue weighted by Crippen LogP contribution is 2.23. The number of fused-ring (bicyclic) bond motifs is 1. The van der Waals surface area contributed by atoms with Gasteiger partial charge in [0.05, 0.1) is 23.2 Å². The summed E-state index contributed by atoms with van der Waals surface area (Å²) in [6, 6.07) is 6.21. The zero-order valence-corrected chi connectivity index (χ0v) is 11.4. The third kappa shape index (κ3) is 2.36. The van der Waals surface area contributed by atoms with Crippen LogP contribution in [0.1, 0.15) is 15.2 Å². The molecule has 21 heavy (non-hydrogen) atoms. The topological polar surface area (TPSA) is 98.3 Å². The molecule has 3 rings (SSSR count). The molecule has 0 amide bonds. The van der Waals surface area contributed by atoms with Gasteiger partial charge in [-0.2, -0.15) is 5.10 Å². The Balaban J connectivity index is 2.04. The van der Waals surface area contributed by atoms with E-state index in [0.29, 0.717) is 11.1 Å². The van der Waals surface area contributed by atoms with E-state index in [1.165, 1.54) is 12.1 Å². The number of aromatic carboxylic acids is 1. The van der Waals surface area contributed by atoms with Crippen LogP contribution in [0.5, 0.6) is 0 Å². The van der Waals surface area contributed by atoms with E-state index < -0.39 is 10.9 Å². The second-order valence-corrected chi connectivity index (χ2v) is 5.30. The molecule has 8 heteroatoms. The number of nitrogens with zero attached hydrogens (tertiary/aromatic N) is 3. The fourth-order valence-corrected chi connectivity index (χ4v) is 2.86. The minimum absolute atomic E-state index is 0.0203. The van der Waals surface area contributed by atoms with Gasteiger partial charge in [-0.05, 0) is 23.1 Å². The van der Waals surface area contributed by atoms with Crippen molar-refractivity contribution in [1.82, 2.24) is 9.78 Å². The standard InChI is InChI=1S/C13H9N3O4S/c17-13(18)12-9(3-4-21-12)7-15-11-5-10(16(19)20)2-1-8(11)6-14-15/h1-6H,7H2,(H,17,18). The predicted octanol–water partition coefficient (Wildman–Crippen LogP) is 2.75. The number of benzene rings is 1. The Morgan fingerprint density at radius 1 is 1.43 bits per heavy atom. The SMILES string of the molecule is O=C(O)c1sccc1Cn1ncc2ccc([N+](=O)[O-])cc21. The third-order valence-corrected chi connectivity index (χ3v) is 4.04. The van der Waals surface area contributed by atoms with Gasteiger partial charge in [-0.25, -0.2) is 4.79 Å². The van der Waals surface area contributed by atoms with Crippen molar-refractivity contribution in [3.63, 3.8) is 0 Å². The van der Waals surface area contributed by atoms with E-state index in [0.717, 1.165) is 16.7 Å². The molecule has 7 nitrogen and oxygen atoms in total. The summed E-state index contributed by atoms with van der Waals surface area (Å²) in [6.07, 6.45) is 1.60. The van der Waals surface area contributed by atoms with E-state index in [4.69, 9.17) is 5.11 Å². The monoisotopic (exact) mass is 303 g/mol. The Morgan fingerprint density at radius 3 is 2.95 bits per heavy atom. The lowest BCUT2D eigenvalue weighted by molar-refractivity contribution is -0.384. The number of non-ortho nitro benzene ring substituents is 1. The van der Waals surface area contributed by atoms with Crippen LogP contribution in [0, 0.1) is 10.1 Å². The van der Waals surface area contributed by atoms with E-state index in [2.05, 4.69) is 5.10 Å². The number of thiophene rings is 1. The molecule has 0 saturated carbocycles. The number of hydrogen-bond acceptors (Lipinski definition) is 5. The van der Waals surface area contributed by atoms with E-state index >= 15 is 0 Å². The van der Waals surface area contributed by atoms with Gasteiger partial charge in [0, 0.05) is 17.5 Å². The lowest BCUT2D eigenvalue weighted by Crippen LogP contribution is -2.05. The molecule has 0 spiro atoms. The fraction of sp³-hybridized carbons (Fsp3) is 0.0769. The highest BCUT2D eigenvalue weighted by atomic mass is 32.1. The maximum Gasteiger partial charge on any atom is 0.346 e. The third-order valence-electron chi connectivity index (χ3n) is 3.10. The van der Waals surface area contributed by atoms with Gasteiger partial charge in [0.2, 0.25) is 0 Å². The van der Waals surface area contributed by atoms with E-state index in [9.17, 15) is 14.9 Å². The minimum atomic E-state index is -0.984. The van der Waals surface area contributed by atoms with Gasteiger partial charge in [-0.3, -0.25) is 14.8 Å². The Labute approximate surface area is 122 Å². The number of nitro benzene ring substituents is 1. The van der Waals surface area contributed by atoms with Crippen LogP contribution in [-0.4, -0.2) is 25.8 Å². The molecule has 0 aliphatic heterocycles. The molecule has 0 aliphatic rings. The summed E-state index contributed by atoms with van der Waals surface area (Å²) in [4.78, 5) is 21.7. The fourth-order valence-electron chi connectivity index (χ4n) is 2.11. The summed E-state index contributed by atoms with van der Waals surface area (Å²) in [7, 11) is 0. The van der Waals surface area contributed by atoms with Gasteiger partial charge < -0.3 is 5.11 Å². The van der Waals surface area contributed by atoms with Crippen molar-refractivity contribution in [2.24, 2.45) is 0 Å². The number of carbonyl (C=O) groups is 1. The highest BCUT2D eigenvalue weighted by Gasteiger charge is 2.15. The van der Waals surface area contributed by atoms with Gasteiger partial charge in [-0.15, -0.1) is 11.3 Å². The summed E-state index contributed by atoms with van der Waals surface area (Å²) in [5, 5.41) is 26.6. The molecule has 0 atom stereocenters. The minimum Gasteiger partial charge on any atom is -0.477 e. The van der Waals surface area contributed by atoms with Gasteiger partial charge in [0.1, 0.15) is 4.88 Å². The summed E-state index contributed by atoms with van der Waals surface area (Å²) in [6.45, 7) is 0.260. The average Bonchev–Trinajstić information content (AvgIpc) is 3.06. The Morgan fingerprint density at radius 2 is 2.24 bits per heavy atom. The van der Waals surface area contributed by atoms with Crippen molar-refractivity contribution in [3.05, 3.63) is 56.4 Å². The van der Waals surface area contributed by atoms with Gasteiger partial charge in [0.15, 0.2) is 0 Å². The van der Waals surface area contributed by atoms with Crippen molar-refractivity contribution in [2.75, 3.05) is 0 Å². The van der Waals surface area contributed by atoms with Crippen molar-refractivity contribution in [1.29, 1.82) is 0 Å². The van der Waals surface area contributed by atoms with Gasteiger partial charge in [-0.1, -0.05) is 0 Å². The zero-order chi connectivity index (χ0) is 15.0. The van der Waals surface area contributed by atoms with Crippen LogP contribution in [0.4, 0.5) is 5.69 Å². The van der Waals surface area contributed by atoms with Crippen molar-refractivity contribution < 1.29 is 14.8 Å². The number of hydrogen-bond donors (Lipinski definition) is 1. The van der Waals surface area contributed by atoms with Crippen LogP contribution in [0.25, 0.3) is 10.9 Å². The molecule has 0 saturated heterocycles. The van der Waals surface area contributed by atoms with Crippen LogP contribution in [0.2, 0.25) is 0 Å². The largest absolute Gasteiger partial charge is 0.477 e. The number of aromatic nitrogens is 2. The second-order valence-electron chi connectivity index (χ2n) is 4.38. The van der Waals surface area contributed by atoms with E-state index in [-0.39, 0.29) is 17.1 Å². The molecule has 1 N–H and O–H groups in total. The summed E-state index contributed by atoms with van der Waals surface area (Å²) < 4.78 is 1.57. The smallest absolute Gasteiger partial charge is 0.346 e. The summed E-state index contributed by atoms with van der Waals surface area (Å²) >= 11 is 1.14. The number of carboxylic acids is 1. The number of rotatable bonds is 4. The van der Waals surface area contributed by atoms with Crippen molar-refractivity contribution in [3.8, 4) is 0 Å². The molecule has 2 aromatic heterocycles. The quantitative estimate of drug-likeness (QED) is 0.590. The first-order chi connectivity index (χ1) is 10.1. The van der Waals surface area contributed by atoms with Crippen LogP contribution in [0.3, 0.4) is 0 Å². The van der Waals surface area contributed by atoms with Crippen LogP contribution in [-0.2, 0) is 6.54 Å². The van der Waals surface area contributed by atoms with E-state index in [1.807, 2.05) is 0 Å². The molecule has 0 radical (unpaired) electrons. The molecule has 3 aromatic rings. The maximum atomic E-state index is 11.1. The molecule has 1 aromatic carbocycles. The predicted molar refractivity (Wildman–Crippen MR) is 76.8 cm³/mol. The Hall–Kier alpha value is -2.74. The van der Waals surface area contributed by atoms with Crippen LogP contribution < -0.4 is 0 Å². The van der Waals surface area contributed by atoms with Gasteiger partial charge in [0.25, 0.3) is 5.69 Å². The van der Waals surface area contributed by atoms with Crippen molar-refractivity contribution in [2.45, 2.75) is 6.54 Å². The number of carboxylic acid groups (broad SMARTS) is 1. The Bertz CT molecular complexity index is 852. The lowest BCUT2D eigenvalue weighted by Gasteiger charge is -2.03.